The quantitative estimate of drug-likeness (QED) is 0.829. The van der Waals surface area contributed by atoms with Crippen molar-refractivity contribution in [3.8, 4) is 0 Å². The van der Waals surface area contributed by atoms with Crippen LogP contribution in [0, 0.1) is 0 Å². The number of rotatable bonds is 5. The molecular formula is C17H17NO3. The monoisotopic (exact) mass is 283 g/mol. The minimum atomic E-state index is -1.14. The van der Waals surface area contributed by atoms with Crippen LogP contribution in [0.4, 0.5) is 0 Å². The summed E-state index contributed by atoms with van der Waals surface area (Å²) in [5, 5.41) is 13.6. The molecule has 2 aromatic rings. The first-order valence-electron chi connectivity index (χ1n) is 6.81. The molecule has 1 amide bonds. The highest BCUT2D eigenvalue weighted by molar-refractivity contribution is 5.94. The Morgan fingerprint density at radius 2 is 1.86 bits per heavy atom. The van der Waals surface area contributed by atoms with Crippen molar-refractivity contribution >= 4 is 22.6 Å². The molecule has 2 N–H and O–H groups in total. The third-order valence-corrected chi connectivity index (χ3v) is 3.30. The van der Waals surface area contributed by atoms with Crippen molar-refractivity contribution < 1.29 is 14.7 Å². The van der Waals surface area contributed by atoms with Crippen molar-refractivity contribution in [2.45, 2.75) is 19.4 Å². The lowest BCUT2D eigenvalue weighted by molar-refractivity contribution is -0.131. The second-order valence-corrected chi connectivity index (χ2v) is 4.71. The van der Waals surface area contributed by atoms with Crippen LogP contribution in [0.25, 0.3) is 10.8 Å². The zero-order valence-electron chi connectivity index (χ0n) is 11.7. The van der Waals surface area contributed by atoms with Gasteiger partial charge in [0.2, 0.25) is 5.91 Å². The van der Waals surface area contributed by atoms with Gasteiger partial charge >= 0.3 is 5.97 Å². The van der Waals surface area contributed by atoms with Crippen molar-refractivity contribution in [1.82, 2.24) is 5.32 Å². The van der Waals surface area contributed by atoms with Crippen LogP contribution in [-0.4, -0.2) is 17.0 Å². The van der Waals surface area contributed by atoms with Crippen molar-refractivity contribution in [3.05, 3.63) is 60.2 Å². The Balaban J connectivity index is 2.28. The average molecular weight is 283 g/mol. The van der Waals surface area contributed by atoms with E-state index >= 15 is 0 Å². The number of nitrogens with one attached hydrogen (secondary N) is 1. The molecule has 2 aromatic carbocycles. The van der Waals surface area contributed by atoms with Crippen LogP contribution in [0.15, 0.2) is 54.6 Å². The van der Waals surface area contributed by atoms with Gasteiger partial charge in [0.15, 0.2) is 0 Å². The summed E-state index contributed by atoms with van der Waals surface area (Å²) in [6.45, 7) is 1.98. The molecule has 21 heavy (non-hydrogen) atoms. The third kappa shape index (κ3) is 3.69. The summed E-state index contributed by atoms with van der Waals surface area (Å²) in [7, 11) is 0. The largest absolute Gasteiger partial charge is 0.478 e. The van der Waals surface area contributed by atoms with Crippen LogP contribution >= 0.6 is 0 Å². The SMILES string of the molecule is CCC(NC(=O)/C=C\C(=O)O)c1cccc2ccccc12. The van der Waals surface area contributed by atoms with Gasteiger partial charge in [-0.3, -0.25) is 4.79 Å². The van der Waals surface area contributed by atoms with Gasteiger partial charge in [0.25, 0.3) is 0 Å². The summed E-state index contributed by atoms with van der Waals surface area (Å²) in [5.41, 5.74) is 1.03. The highest BCUT2D eigenvalue weighted by atomic mass is 16.4. The number of carbonyl (C=O) groups excluding carboxylic acids is 1. The molecule has 0 aromatic heterocycles. The minimum Gasteiger partial charge on any atom is -0.478 e. The molecule has 1 atom stereocenters. The van der Waals surface area contributed by atoms with E-state index < -0.39 is 11.9 Å². The van der Waals surface area contributed by atoms with Crippen molar-refractivity contribution in [3.63, 3.8) is 0 Å². The van der Waals surface area contributed by atoms with E-state index in [2.05, 4.69) is 5.32 Å². The van der Waals surface area contributed by atoms with Crippen molar-refractivity contribution in [1.29, 1.82) is 0 Å². The summed E-state index contributed by atoms with van der Waals surface area (Å²) < 4.78 is 0. The highest BCUT2D eigenvalue weighted by Crippen LogP contribution is 2.26. The number of aliphatic carboxylic acids is 1. The van der Waals surface area contributed by atoms with Crippen molar-refractivity contribution in [2.75, 3.05) is 0 Å². The summed E-state index contributed by atoms with van der Waals surface area (Å²) in [4.78, 5) is 22.2. The van der Waals surface area contributed by atoms with Gasteiger partial charge < -0.3 is 10.4 Å². The van der Waals surface area contributed by atoms with E-state index in [1.807, 2.05) is 49.4 Å². The zero-order valence-corrected chi connectivity index (χ0v) is 11.7. The standard InChI is InChI=1S/C17H17NO3/c1-2-15(18-16(19)10-11-17(20)21)14-9-5-7-12-6-3-4-8-13(12)14/h3-11,15H,2H2,1H3,(H,18,19)(H,20,21)/b11-10-. The molecule has 0 saturated carbocycles. The molecule has 0 fully saturated rings. The van der Waals surface area contributed by atoms with E-state index in [4.69, 9.17) is 5.11 Å². The summed E-state index contributed by atoms with van der Waals surface area (Å²) in [6.07, 6.45) is 2.60. The molecule has 0 spiro atoms. The lowest BCUT2D eigenvalue weighted by Gasteiger charge is -2.18. The summed E-state index contributed by atoms with van der Waals surface area (Å²) in [5.74, 6) is -1.54. The number of carboxylic acid groups (broad SMARTS) is 1. The summed E-state index contributed by atoms with van der Waals surface area (Å²) in [6, 6.07) is 13.8. The smallest absolute Gasteiger partial charge is 0.328 e. The van der Waals surface area contributed by atoms with Gasteiger partial charge in [-0.25, -0.2) is 4.79 Å². The van der Waals surface area contributed by atoms with E-state index in [0.717, 1.165) is 34.9 Å². The van der Waals surface area contributed by atoms with Gasteiger partial charge in [-0.1, -0.05) is 49.4 Å². The fourth-order valence-corrected chi connectivity index (χ4v) is 2.32. The molecular weight excluding hydrogens is 266 g/mol. The van der Waals surface area contributed by atoms with E-state index in [0.29, 0.717) is 0 Å². The van der Waals surface area contributed by atoms with Crippen LogP contribution in [0.3, 0.4) is 0 Å². The van der Waals surface area contributed by atoms with Gasteiger partial charge in [0.05, 0.1) is 6.04 Å². The average Bonchev–Trinajstić information content (AvgIpc) is 2.50. The van der Waals surface area contributed by atoms with Gasteiger partial charge in [0, 0.05) is 12.2 Å². The first-order chi connectivity index (χ1) is 10.1. The number of benzene rings is 2. The Morgan fingerprint density at radius 3 is 2.57 bits per heavy atom. The molecule has 0 bridgehead atoms. The Hall–Kier alpha value is -2.62. The van der Waals surface area contributed by atoms with Gasteiger partial charge in [-0.2, -0.15) is 0 Å². The molecule has 1 unspecified atom stereocenters. The van der Waals surface area contributed by atoms with Crippen LogP contribution in [0.2, 0.25) is 0 Å². The lowest BCUT2D eigenvalue weighted by Crippen LogP contribution is -2.26. The molecule has 0 saturated heterocycles. The van der Waals surface area contributed by atoms with Gasteiger partial charge in [-0.15, -0.1) is 0 Å². The molecule has 2 rings (SSSR count). The predicted molar refractivity (Wildman–Crippen MR) is 81.9 cm³/mol. The number of hydrogen-bond acceptors (Lipinski definition) is 2. The lowest BCUT2D eigenvalue weighted by atomic mass is 9.97. The highest BCUT2D eigenvalue weighted by Gasteiger charge is 2.13. The molecule has 4 heteroatoms. The number of carbonyl (C=O) groups is 2. The molecule has 0 aliphatic rings. The molecule has 0 radical (unpaired) electrons. The Kier molecular flexibility index (Phi) is 4.72. The number of amides is 1. The fraction of sp³-hybridized carbons (Fsp3) is 0.176. The zero-order chi connectivity index (χ0) is 15.2. The Morgan fingerprint density at radius 1 is 1.14 bits per heavy atom. The van der Waals surface area contributed by atoms with Gasteiger partial charge in [-0.05, 0) is 22.8 Å². The predicted octanol–water partition coefficient (Wildman–Crippen LogP) is 3.05. The first kappa shape index (κ1) is 14.8. The van der Waals surface area contributed by atoms with Gasteiger partial charge in [0.1, 0.15) is 0 Å². The Bertz CT molecular complexity index is 686. The van der Waals surface area contributed by atoms with Crippen molar-refractivity contribution in [2.24, 2.45) is 0 Å². The van der Waals surface area contributed by atoms with Crippen LogP contribution < -0.4 is 5.32 Å². The van der Waals surface area contributed by atoms with Crippen LogP contribution in [0.5, 0.6) is 0 Å². The minimum absolute atomic E-state index is 0.151. The first-order valence-corrected chi connectivity index (χ1v) is 6.81. The van der Waals surface area contributed by atoms with Crippen LogP contribution in [0.1, 0.15) is 24.9 Å². The maximum atomic E-state index is 11.8. The number of carboxylic acids is 1. The molecule has 0 aliphatic carbocycles. The summed E-state index contributed by atoms with van der Waals surface area (Å²) >= 11 is 0. The maximum Gasteiger partial charge on any atom is 0.328 e. The molecule has 108 valence electrons. The topological polar surface area (TPSA) is 66.4 Å². The van der Waals surface area contributed by atoms with E-state index in [1.165, 1.54) is 0 Å². The van der Waals surface area contributed by atoms with E-state index in [9.17, 15) is 9.59 Å². The number of hydrogen-bond donors (Lipinski definition) is 2. The number of fused-ring (bicyclic) bond motifs is 1. The van der Waals surface area contributed by atoms with Crippen LogP contribution in [-0.2, 0) is 9.59 Å². The second kappa shape index (κ2) is 6.70. The molecule has 0 aliphatic heterocycles. The Labute approximate surface area is 123 Å². The maximum absolute atomic E-state index is 11.8. The van der Waals surface area contributed by atoms with E-state index in [1.54, 1.807) is 0 Å². The fourth-order valence-electron chi connectivity index (χ4n) is 2.32. The van der Waals surface area contributed by atoms with E-state index in [-0.39, 0.29) is 6.04 Å². The normalized spacial score (nSPS) is 12.4. The second-order valence-electron chi connectivity index (χ2n) is 4.71. The molecule has 0 heterocycles. The third-order valence-electron chi connectivity index (χ3n) is 3.30. The molecule has 4 nitrogen and oxygen atoms in total.